The quantitative estimate of drug-likeness (QED) is 0.406. The lowest BCUT2D eigenvalue weighted by atomic mass is 9.98. The molecule has 7 nitrogen and oxygen atoms in total. The summed E-state index contributed by atoms with van der Waals surface area (Å²) in [6.07, 6.45) is 3.61. The minimum absolute atomic E-state index is 0.126. The number of aromatic amines is 1. The lowest BCUT2D eigenvalue weighted by Crippen LogP contribution is -2.19. The molecule has 3 aromatic heterocycles. The van der Waals surface area contributed by atoms with E-state index >= 15 is 0 Å². The molecular formula is C20H27N5O2S2. The summed E-state index contributed by atoms with van der Waals surface area (Å²) in [5.41, 5.74) is 0.975. The van der Waals surface area contributed by atoms with E-state index in [1.165, 1.54) is 11.8 Å². The number of nitrogens with one attached hydrogen (secondary N) is 2. The zero-order valence-corrected chi connectivity index (χ0v) is 19.0. The number of H-pyrrole nitrogens is 1. The van der Waals surface area contributed by atoms with E-state index in [1.54, 1.807) is 28.3 Å². The van der Waals surface area contributed by atoms with Crippen LogP contribution < -0.4 is 10.9 Å². The largest absolute Gasteiger partial charge is 0.310 e. The van der Waals surface area contributed by atoms with E-state index < -0.39 is 0 Å². The number of amides is 1. The van der Waals surface area contributed by atoms with Crippen molar-refractivity contribution in [2.24, 2.45) is 5.92 Å². The molecule has 156 valence electrons. The third-order valence-electron chi connectivity index (χ3n) is 4.86. The maximum absolute atomic E-state index is 12.7. The van der Waals surface area contributed by atoms with E-state index in [-0.39, 0.29) is 23.3 Å². The standard InChI is InChI=1S/C20H27N5O2S2/c1-6-12(4)9-14-13(5)29-19-17(14)18(27)23-20(24-19)28-10-16(26)22-15-7-8-21-25(15)11(2)3/h7-8,11-12H,6,9-10H2,1-5H3,(H,22,26)(H,23,24,27). The topological polar surface area (TPSA) is 92.7 Å². The minimum Gasteiger partial charge on any atom is -0.310 e. The number of fused-ring (bicyclic) bond motifs is 1. The van der Waals surface area contributed by atoms with Gasteiger partial charge in [-0.1, -0.05) is 32.0 Å². The van der Waals surface area contributed by atoms with Gasteiger partial charge in [0.15, 0.2) is 5.16 Å². The van der Waals surface area contributed by atoms with Gasteiger partial charge in [0.05, 0.1) is 17.3 Å². The molecule has 9 heteroatoms. The molecule has 3 aromatic rings. The minimum atomic E-state index is -0.167. The van der Waals surface area contributed by atoms with E-state index in [9.17, 15) is 9.59 Å². The molecule has 1 unspecified atom stereocenters. The van der Waals surface area contributed by atoms with Crippen molar-refractivity contribution in [2.45, 2.75) is 58.7 Å². The second-order valence-corrected chi connectivity index (χ2v) is 9.66. The lowest BCUT2D eigenvalue weighted by molar-refractivity contribution is -0.113. The molecule has 0 spiro atoms. The number of hydrogen-bond donors (Lipinski definition) is 2. The smallest absolute Gasteiger partial charge is 0.260 e. The second-order valence-electron chi connectivity index (χ2n) is 7.50. The molecule has 0 bridgehead atoms. The Bertz CT molecular complexity index is 1070. The maximum Gasteiger partial charge on any atom is 0.260 e. The third-order valence-corrected chi connectivity index (χ3v) is 6.77. The van der Waals surface area contributed by atoms with E-state index in [1.807, 2.05) is 20.8 Å². The summed E-state index contributed by atoms with van der Waals surface area (Å²) in [7, 11) is 0. The SMILES string of the molecule is CCC(C)Cc1c(C)sc2nc(SCC(=O)Nc3ccnn3C(C)C)[nH]c(=O)c12. The number of thiophene rings is 1. The molecular weight excluding hydrogens is 406 g/mol. The first kappa shape index (κ1) is 21.6. The summed E-state index contributed by atoms with van der Waals surface area (Å²) in [6.45, 7) is 10.4. The molecule has 0 saturated carbocycles. The Hall–Kier alpha value is -2.13. The molecule has 2 N–H and O–H groups in total. The number of aryl methyl sites for hydroxylation is 1. The normalized spacial score (nSPS) is 12.6. The van der Waals surface area contributed by atoms with Crippen molar-refractivity contribution >= 4 is 45.0 Å². The number of carbonyl (C=O) groups is 1. The highest BCUT2D eigenvalue weighted by Crippen LogP contribution is 2.30. The highest BCUT2D eigenvalue weighted by molar-refractivity contribution is 7.99. The molecule has 0 aliphatic carbocycles. The first-order chi connectivity index (χ1) is 13.8. The molecule has 29 heavy (non-hydrogen) atoms. The molecule has 3 rings (SSSR count). The van der Waals surface area contributed by atoms with Crippen molar-refractivity contribution in [1.29, 1.82) is 0 Å². The van der Waals surface area contributed by atoms with Crippen LogP contribution in [-0.4, -0.2) is 31.4 Å². The Morgan fingerprint density at radius 3 is 2.83 bits per heavy atom. The molecule has 1 atom stereocenters. The first-order valence-electron chi connectivity index (χ1n) is 9.78. The number of hydrogen-bond acceptors (Lipinski definition) is 6. The Labute approximate surface area is 178 Å². The Balaban J connectivity index is 1.73. The zero-order valence-electron chi connectivity index (χ0n) is 17.4. The highest BCUT2D eigenvalue weighted by Gasteiger charge is 2.17. The van der Waals surface area contributed by atoms with Crippen LogP contribution in [0.2, 0.25) is 0 Å². The van der Waals surface area contributed by atoms with E-state index in [2.05, 4.69) is 34.2 Å². The summed E-state index contributed by atoms with van der Waals surface area (Å²) >= 11 is 2.77. The molecule has 0 aromatic carbocycles. The van der Waals surface area contributed by atoms with Crippen molar-refractivity contribution < 1.29 is 4.79 Å². The van der Waals surface area contributed by atoms with Crippen LogP contribution in [-0.2, 0) is 11.2 Å². The predicted molar refractivity (Wildman–Crippen MR) is 120 cm³/mol. The number of nitrogens with zero attached hydrogens (tertiary/aromatic N) is 3. The van der Waals surface area contributed by atoms with Gasteiger partial charge in [-0.15, -0.1) is 11.3 Å². The van der Waals surface area contributed by atoms with Crippen molar-refractivity contribution in [3.8, 4) is 0 Å². The molecule has 3 heterocycles. The van der Waals surface area contributed by atoms with Crippen LogP contribution in [0.15, 0.2) is 22.2 Å². The second kappa shape index (κ2) is 9.13. The Kier molecular flexibility index (Phi) is 6.79. The fraction of sp³-hybridized carbons (Fsp3) is 0.500. The van der Waals surface area contributed by atoms with E-state index in [0.29, 0.717) is 22.3 Å². The molecule has 1 amide bonds. The van der Waals surface area contributed by atoms with Gasteiger partial charge in [-0.2, -0.15) is 5.10 Å². The molecule has 0 aliphatic heterocycles. The summed E-state index contributed by atoms with van der Waals surface area (Å²) in [4.78, 5) is 34.4. The first-order valence-corrected chi connectivity index (χ1v) is 11.6. The van der Waals surface area contributed by atoms with Gasteiger partial charge in [-0.25, -0.2) is 9.67 Å². The Morgan fingerprint density at radius 2 is 2.14 bits per heavy atom. The average Bonchev–Trinajstić information content (AvgIpc) is 3.24. The van der Waals surface area contributed by atoms with Crippen LogP contribution in [0, 0.1) is 12.8 Å². The lowest BCUT2D eigenvalue weighted by Gasteiger charge is -2.11. The van der Waals surface area contributed by atoms with Gasteiger partial charge in [-0.05, 0) is 38.7 Å². The third kappa shape index (κ3) is 4.90. The van der Waals surface area contributed by atoms with Crippen molar-refractivity contribution in [3.05, 3.63) is 33.1 Å². The monoisotopic (exact) mass is 433 g/mol. The Morgan fingerprint density at radius 1 is 1.38 bits per heavy atom. The average molecular weight is 434 g/mol. The molecule has 0 fully saturated rings. The van der Waals surface area contributed by atoms with Crippen molar-refractivity contribution in [1.82, 2.24) is 19.7 Å². The van der Waals surface area contributed by atoms with Crippen molar-refractivity contribution in [2.75, 3.05) is 11.1 Å². The van der Waals surface area contributed by atoms with Gasteiger partial charge in [-0.3, -0.25) is 9.59 Å². The highest BCUT2D eigenvalue weighted by atomic mass is 32.2. The van der Waals surface area contributed by atoms with E-state index in [0.717, 1.165) is 28.1 Å². The van der Waals surface area contributed by atoms with Gasteiger partial charge in [0.25, 0.3) is 5.56 Å². The molecule has 0 saturated heterocycles. The van der Waals surface area contributed by atoms with Gasteiger partial charge >= 0.3 is 0 Å². The van der Waals surface area contributed by atoms with Crippen LogP contribution in [0.3, 0.4) is 0 Å². The number of aromatic nitrogens is 4. The number of carbonyl (C=O) groups excluding carboxylic acids is 1. The summed E-state index contributed by atoms with van der Waals surface area (Å²) < 4.78 is 1.75. The van der Waals surface area contributed by atoms with Crippen molar-refractivity contribution in [3.63, 3.8) is 0 Å². The van der Waals surface area contributed by atoms with Gasteiger partial charge in [0, 0.05) is 17.0 Å². The van der Waals surface area contributed by atoms with Crippen LogP contribution >= 0.6 is 23.1 Å². The molecule has 0 aliphatic rings. The van der Waals surface area contributed by atoms with Crippen LogP contribution in [0.5, 0.6) is 0 Å². The van der Waals surface area contributed by atoms with E-state index in [4.69, 9.17) is 0 Å². The fourth-order valence-corrected chi connectivity index (χ4v) is 4.87. The summed E-state index contributed by atoms with van der Waals surface area (Å²) in [5, 5.41) is 8.23. The van der Waals surface area contributed by atoms with Crippen LogP contribution in [0.1, 0.15) is 50.6 Å². The maximum atomic E-state index is 12.7. The number of rotatable bonds is 8. The number of anilines is 1. The van der Waals surface area contributed by atoms with Gasteiger partial charge in [0.2, 0.25) is 5.91 Å². The predicted octanol–water partition coefficient (Wildman–Crippen LogP) is 4.39. The summed E-state index contributed by atoms with van der Waals surface area (Å²) in [6, 6.07) is 1.92. The van der Waals surface area contributed by atoms with Crippen LogP contribution in [0.25, 0.3) is 10.2 Å². The van der Waals surface area contributed by atoms with Gasteiger partial charge in [0.1, 0.15) is 10.6 Å². The zero-order chi connectivity index (χ0) is 21.1. The fourth-order valence-electron chi connectivity index (χ4n) is 3.10. The van der Waals surface area contributed by atoms with Gasteiger partial charge < -0.3 is 10.3 Å². The number of thioether (sulfide) groups is 1. The molecule has 0 radical (unpaired) electrons. The summed E-state index contributed by atoms with van der Waals surface area (Å²) in [5.74, 6) is 1.16. The van der Waals surface area contributed by atoms with Crippen LogP contribution in [0.4, 0.5) is 5.82 Å².